The van der Waals surface area contributed by atoms with Gasteiger partial charge in [0, 0.05) is 50.2 Å². The van der Waals surface area contributed by atoms with Gasteiger partial charge < -0.3 is 14.7 Å². The number of nitrogens with zero attached hydrogens (tertiary/aromatic N) is 5. The smallest absolute Gasteiger partial charge is 0.232 e. The fourth-order valence-electron chi connectivity index (χ4n) is 3.85. The molecule has 2 aliphatic heterocycles. The normalized spacial score (nSPS) is 18.3. The van der Waals surface area contributed by atoms with Crippen LogP contribution in [0.1, 0.15) is 24.6 Å². The van der Waals surface area contributed by atoms with E-state index in [9.17, 15) is 0 Å². The van der Waals surface area contributed by atoms with Crippen LogP contribution in [0.5, 0.6) is 0 Å². The van der Waals surface area contributed by atoms with Crippen LogP contribution in [0.25, 0.3) is 0 Å². The Kier molecular flexibility index (Phi) is 4.57. The zero-order chi connectivity index (χ0) is 17.2. The first-order valence-corrected chi connectivity index (χ1v) is 9.43. The van der Waals surface area contributed by atoms with Crippen molar-refractivity contribution in [2.45, 2.75) is 26.7 Å². The molecule has 5 heteroatoms. The molecule has 2 aliphatic rings. The van der Waals surface area contributed by atoms with Gasteiger partial charge in [-0.2, -0.15) is 4.98 Å². The number of hydrogen-bond donors (Lipinski definition) is 0. The van der Waals surface area contributed by atoms with E-state index in [1.54, 1.807) is 0 Å². The maximum Gasteiger partial charge on any atom is 0.232 e. The lowest BCUT2D eigenvalue weighted by Crippen LogP contribution is -2.46. The minimum atomic E-state index is 0.847. The first-order valence-electron chi connectivity index (χ1n) is 9.43. The molecule has 1 fully saturated rings. The molecule has 0 bridgehead atoms. The number of benzene rings is 1. The van der Waals surface area contributed by atoms with E-state index in [0.717, 1.165) is 69.6 Å². The molecule has 3 heterocycles. The van der Waals surface area contributed by atoms with Crippen LogP contribution < -0.4 is 9.80 Å². The Balaban J connectivity index is 1.63. The van der Waals surface area contributed by atoms with Crippen LogP contribution in [-0.2, 0) is 6.42 Å². The van der Waals surface area contributed by atoms with Crippen molar-refractivity contribution in [2.75, 3.05) is 49.1 Å². The highest BCUT2D eigenvalue weighted by Crippen LogP contribution is 2.32. The first-order chi connectivity index (χ1) is 12.2. The molecule has 2 aromatic rings. The number of hydrogen-bond acceptors (Lipinski definition) is 5. The highest BCUT2D eigenvalue weighted by molar-refractivity contribution is 5.64. The number of rotatable bonds is 3. The van der Waals surface area contributed by atoms with E-state index in [-0.39, 0.29) is 0 Å². The number of likely N-dealkylation sites (N-methyl/N-ethyl adjacent to an activating group) is 1. The molecule has 4 rings (SSSR count). The lowest BCUT2D eigenvalue weighted by Gasteiger charge is -2.35. The Labute approximate surface area is 150 Å². The first kappa shape index (κ1) is 16.3. The molecule has 1 aromatic heterocycles. The van der Waals surface area contributed by atoms with Crippen molar-refractivity contribution in [3.8, 4) is 0 Å². The van der Waals surface area contributed by atoms with Crippen molar-refractivity contribution >= 4 is 17.5 Å². The molecule has 132 valence electrons. The van der Waals surface area contributed by atoms with E-state index in [4.69, 9.17) is 9.97 Å². The van der Waals surface area contributed by atoms with E-state index in [1.165, 1.54) is 11.3 Å². The van der Waals surface area contributed by atoms with Gasteiger partial charge in [0.05, 0.1) is 0 Å². The van der Waals surface area contributed by atoms with Crippen molar-refractivity contribution in [2.24, 2.45) is 0 Å². The summed E-state index contributed by atoms with van der Waals surface area (Å²) in [7, 11) is 0. The number of fused-ring (bicyclic) bond motifs is 1. The van der Waals surface area contributed by atoms with Crippen LogP contribution in [0.4, 0.5) is 17.5 Å². The number of para-hydroxylation sites is 1. The molecule has 5 nitrogen and oxygen atoms in total. The summed E-state index contributed by atoms with van der Waals surface area (Å²) in [6.45, 7) is 10.7. The van der Waals surface area contributed by atoms with Crippen molar-refractivity contribution in [1.82, 2.24) is 14.9 Å². The van der Waals surface area contributed by atoms with Crippen LogP contribution in [0.3, 0.4) is 0 Å². The molecular weight excluding hydrogens is 310 g/mol. The number of piperazine rings is 1. The van der Waals surface area contributed by atoms with E-state index in [2.05, 4.69) is 58.9 Å². The second kappa shape index (κ2) is 7.00. The summed E-state index contributed by atoms with van der Waals surface area (Å²) in [5.74, 6) is 1.92. The molecule has 25 heavy (non-hydrogen) atoms. The predicted octanol–water partition coefficient (Wildman–Crippen LogP) is 3.01. The molecule has 0 N–H and O–H groups in total. The zero-order valence-electron chi connectivity index (χ0n) is 15.3. The quantitative estimate of drug-likeness (QED) is 0.860. The predicted molar refractivity (Wildman–Crippen MR) is 103 cm³/mol. The van der Waals surface area contributed by atoms with Gasteiger partial charge in [-0.05, 0) is 37.9 Å². The molecule has 0 unspecified atom stereocenters. The lowest BCUT2D eigenvalue weighted by atomic mass is 10.0. The van der Waals surface area contributed by atoms with Crippen LogP contribution >= 0.6 is 0 Å². The van der Waals surface area contributed by atoms with Crippen LogP contribution in [0.2, 0.25) is 0 Å². The van der Waals surface area contributed by atoms with Gasteiger partial charge in [0.1, 0.15) is 5.82 Å². The van der Waals surface area contributed by atoms with Crippen molar-refractivity contribution < 1.29 is 0 Å². The summed E-state index contributed by atoms with van der Waals surface area (Å²) < 4.78 is 0. The van der Waals surface area contributed by atoms with Crippen LogP contribution in [-0.4, -0.2) is 54.1 Å². The number of anilines is 3. The van der Waals surface area contributed by atoms with Crippen LogP contribution in [0.15, 0.2) is 30.3 Å². The van der Waals surface area contributed by atoms with Gasteiger partial charge in [-0.25, -0.2) is 4.98 Å². The monoisotopic (exact) mass is 337 g/mol. The molecular formula is C20H27N5. The number of aryl methyl sites for hydroxylation is 2. The second-order valence-electron chi connectivity index (χ2n) is 6.97. The standard InChI is InChI=1S/C20H27N5/c1-3-23-11-13-24(14-12-23)19-15-16(2)21-20(22-19)25-10-6-8-17-7-4-5-9-18(17)25/h4-5,7,9,15H,3,6,8,10-14H2,1-2H3. The molecule has 0 radical (unpaired) electrons. The van der Waals surface area contributed by atoms with Gasteiger partial charge in [-0.3, -0.25) is 0 Å². The Morgan fingerprint density at radius 3 is 2.60 bits per heavy atom. The molecule has 0 spiro atoms. The van der Waals surface area contributed by atoms with Gasteiger partial charge in [-0.15, -0.1) is 0 Å². The Morgan fingerprint density at radius 2 is 1.80 bits per heavy atom. The molecule has 1 saturated heterocycles. The van der Waals surface area contributed by atoms with Gasteiger partial charge in [0.15, 0.2) is 0 Å². The molecule has 1 aromatic carbocycles. The minimum Gasteiger partial charge on any atom is -0.354 e. The summed E-state index contributed by atoms with van der Waals surface area (Å²) in [4.78, 5) is 16.9. The molecule has 0 amide bonds. The lowest BCUT2D eigenvalue weighted by molar-refractivity contribution is 0.270. The fourth-order valence-corrected chi connectivity index (χ4v) is 3.85. The average molecular weight is 337 g/mol. The molecule has 0 atom stereocenters. The van der Waals surface area contributed by atoms with Crippen LogP contribution in [0, 0.1) is 6.92 Å². The van der Waals surface area contributed by atoms with E-state index < -0.39 is 0 Å². The van der Waals surface area contributed by atoms with Crippen molar-refractivity contribution in [3.05, 3.63) is 41.6 Å². The third-order valence-corrected chi connectivity index (χ3v) is 5.32. The van der Waals surface area contributed by atoms with E-state index in [1.807, 2.05) is 0 Å². The largest absolute Gasteiger partial charge is 0.354 e. The fraction of sp³-hybridized carbons (Fsp3) is 0.500. The molecule has 0 aliphatic carbocycles. The van der Waals surface area contributed by atoms with Crippen molar-refractivity contribution in [3.63, 3.8) is 0 Å². The van der Waals surface area contributed by atoms with E-state index in [0.29, 0.717) is 0 Å². The zero-order valence-corrected chi connectivity index (χ0v) is 15.3. The Morgan fingerprint density at radius 1 is 1.00 bits per heavy atom. The Hall–Kier alpha value is -2.14. The molecule has 0 saturated carbocycles. The van der Waals surface area contributed by atoms with Gasteiger partial charge in [0.2, 0.25) is 5.95 Å². The van der Waals surface area contributed by atoms with Gasteiger partial charge in [-0.1, -0.05) is 25.1 Å². The highest BCUT2D eigenvalue weighted by Gasteiger charge is 2.22. The van der Waals surface area contributed by atoms with E-state index >= 15 is 0 Å². The summed E-state index contributed by atoms with van der Waals surface area (Å²) in [6.07, 6.45) is 2.29. The summed E-state index contributed by atoms with van der Waals surface area (Å²) in [6, 6.07) is 10.8. The van der Waals surface area contributed by atoms with Gasteiger partial charge in [0.25, 0.3) is 0 Å². The maximum absolute atomic E-state index is 4.95. The Bertz CT molecular complexity index is 737. The number of aromatic nitrogens is 2. The minimum absolute atomic E-state index is 0.847. The SMILES string of the molecule is CCN1CCN(c2cc(C)nc(N3CCCc4ccccc43)n2)CC1. The highest BCUT2D eigenvalue weighted by atomic mass is 15.3. The summed E-state index contributed by atoms with van der Waals surface area (Å²) >= 11 is 0. The summed E-state index contributed by atoms with van der Waals surface area (Å²) in [5.41, 5.74) is 3.71. The van der Waals surface area contributed by atoms with Crippen molar-refractivity contribution in [1.29, 1.82) is 0 Å². The maximum atomic E-state index is 4.95. The second-order valence-corrected chi connectivity index (χ2v) is 6.97. The average Bonchev–Trinajstić information content (AvgIpc) is 2.67. The topological polar surface area (TPSA) is 35.5 Å². The third-order valence-electron chi connectivity index (χ3n) is 5.32. The summed E-state index contributed by atoms with van der Waals surface area (Å²) in [5, 5.41) is 0. The van der Waals surface area contributed by atoms with Gasteiger partial charge >= 0.3 is 0 Å². The third kappa shape index (κ3) is 3.33.